The van der Waals surface area contributed by atoms with Crippen molar-refractivity contribution in [3.63, 3.8) is 0 Å². The topological polar surface area (TPSA) is 76.4 Å². The molecule has 5 nitrogen and oxygen atoms in total. The number of hydrogen-bond donors (Lipinski definition) is 3. The Morgan fingerprint density at radius 1 is 1.57 bits per heavy atom. The van der Waals surface area contributed by atoms with Gasteiger partial charge in [-0.15, -0.1) is 0 Å². The van der Waals surface area contributed by atoms with Crippen LogP contribution in [0.2, 0.25) is 0 Å². The molecule has 0 bridgehead atoms. The van der Waals surface area contributed by atoms with Gasteiger partial charge in [-0.25, -0.2) is 4.79 Å². The Morgan fingerprint density at radius 2 is 2.29 bits per heavy atom. The van der Waals surface area contributed by atoms with Gasteiger partial charge in [-0.3, -0.25) is 0 Å². The Morgan fingerprint density at radius 3 is 2.86 bits per heavy atom. The number of carbonyl (C=O) groups excluding carboxylic acids is 1. The summed E-state index contributed by atoms with van der Waals surface area (Å²) in [4.78, 5) is 11.2. The highest BCUT2D eigenvalue weighted by atomic mass is 16.5. The van der Waals surface area contributed by atoms with E-state index >= 15 is 0 Å². The lowest BCUT2D eigenvalue weighted by Gasteiger charge is -2.34. The summed E-state index contributed by atoms with van der Waals surface area (Å²) in [5, 5.41) is 5.59. The van der Waals surface area contributed by atoms with Gasteiger partial charge in [0.2, 0.25) is 0 Å². The van der Waals surface area contributed by atoms with Crippen LogP contribution in [-0.4, -0.2) is 38.9 Å². The first kappa shape index (κ1) is 11.3. The van der Waals surface area contributed by atoms with E-state index in [1.165, 1.54) is 0 Å². The van der Waals surface area contributed by atoms with Crippen LogP contribution in [0.25, 0.3) is 0 Å². The first-order valence-corrected chi connectivity index (χ1v) is 4.99. The maximum absolute atomic E-state index is 11.2. The van der Waals surface area contributed by atoms with Crippen molar-refractivity contribution in [2.75, 3.05) is 26.8 Å². The second-order valence-electron chi connectivity index (χ2n) is 3.66. The van der Waals surface area contributed by atoms with Crippen molar-refractivity contribution in [3.05, 3.63) is 0 Å². The van der Waals surface area contributed by atoms with Gasteiger partial charge in [0.1, 0.15) is 0 Å². The zero-order chi connectivity index (χ0) is 10.4. The molecule has 14 heavy (non-hydrogen) atoms. The van der Waals surface area contributed by atoms with E-state index in [-0.39, 0.29) is 6.03 Å². The molecule has 0 aliphatic heterocycles. The van der Waals surface area contributed by atoms with Crippen LogP contribution in [0.1, 0.15) is 12.8 Å². The van der Waals surface area contributed by atoms with E-state index < -0.39 is 0 Å². The largest absolute Gasteiger partial charge is 0.383 e. The second-order valence-corrected chi connectivity index (χ2v) is 3.66. The fraction of sp³-hybridized carbons (Fsp3) is 0.889. The highest BCUT2D eigenvalue weighted by molar-refractivity contribution is 5.74. The Bertz CT molecular complexity index is 181. The molecule has 1 saturated carbocycles. The number of nitrogens with two attached hydrogens (primary N) is 1. The summed E-state index contributed by atoms with van der Waals surface area (Å²) in [5.74, 6) is 0.597. The molecule has 5 heteroatoms. The molecule has 0 unspecified atom stereocenters. The van der Waals surface area contributed by atoms with Crippen molar-refractivity contribution < 1.29 is 9.53 Å². The molecule has 1 rings (SSSR count). The molecule has 0 aromatic rings. The van der Waals surface area contributed by atoms with Gasteiger partial charge < -0.3 is 21.1 Å². The third-order valence-corrected chi connectivity index (χ3v) is 2.50. The Balaban J connectivity index is 1.99. The van der Waals surface area contributed by atoms with Crippen LogP contribution in [0.4, 0.5) is 4.79 Å². The van der Waals surface area contributed by atoms with Crippen molar-refractivity contribution in [1.82, 2.24) is 10.6 Å². The average Bonchev–Trinajstić information content (AvgIpc) is 2.11. The molecule has 0 radical (unpaired) electrons. The number of hydrogen-bond acceptors (Lipinski definition) is 3. The number of carbonyl (C=O) groups is 1. The van der Waals surface area contributed by atoms with Crippen LogP contribution in [0, 0.1) is 5.92 Å². The molecule has 1 aliphatic carbocycles. The number of rotatable bonds is 5. The molecule has 4 N–H and O–H groups in total. The van der Waals surface area contributed by atoms with Gasteiger partial charge >= 0.3 is 6.03 Å². The Kier molecular flexibility index (Phi) is 4.69. The number of urea groups is 1. The summed E-state index contributed by atoms with van der Waals surface area (Å²) in [7, 11) is 1.61. The predicted octanol–water partition coefficient (Wildman–Crippen LogP) is -0.331. The quantitative estimate of drug-likeness (QED) is 0.533. The first-order chi connectivity index (χ1) is 6.76. The van der Waals surface area contributed by atoms with E-state index in [2.05, 4.69) is 10.6 Å². The monoisotopic (exact) mass is 201 g/mol. The van der Waals surface area contributed by atoms with Gasteiger partial charge in [-0.2, -0.15) is 0 Å². The first-order valence-electron chi connectivity index (χ1n) is 4.99. The van der Waals surface area contributed by atoms with E-state index in [0.29, 0.717) is 25.1 Å². The lowest BCUT2D eigenvalue weighted by Crippen LogP contribution is -2.50. The van der Waals surface area contributed by atoms with E-state index in [0.717, 1.165) is 19.4 Å². The van der Waals surface area contributed by atoms with Crippen LogP contribution >= 0.6 is 0 Å². The lowest BCUT2D eigenvalue weighted by atomic mass is 9.80. The standard InChI is InChI=1S/C9H19N3O2/c1-14-3-2-11-9(13)12-8-4-7(5-8)6-10/h7-8H,2-6,10H2,1H3,(H2,11,12,13). The molecule has 1 fully saturated rings. The summed E-state index contributed by atoms with van der Waals surface area (Å²) >= 11 is 0. The predicted molar refractivity (Wildman–Crippen MR) is 54.0 cm³/mol. The maximum atomic E-state index is 11.2. The molecule has 82 valence electrons. The van der Waals surface area contributed by atoms with E-state index in [9.17, 15) is 4.79 Å². The molecule has 0 atom stereocenters. The van der Waals surface area contributed by atoms with Crippen LogP contribution in [0.15, 0.2) is 0 Å². The van der Waals surface area contributed by atoms with Crippen LogP contribution in [0.5, 0.6) is 0 Å². The van der Waals surface area contributed by atoms with E-state index in [1.54, 1.807) is 7.11 Å². The summed E-state index contributed by atoms with van der Waals surface area (Å²) in [6.45, 7) is 1.82. The fourth-order valence-electron chi connectivity index (χ4n) is 1.55. The number of methoxy groups -OCH3 is 1. The van der Waals surface area contributed by atoms with Crippen molar-refractivity contribution >= 4 is 6.03 Å². The fourth-order valence-corrected chi connectivity index (χ4v) is 1.55. The highest BCUT2D eigenvalue weighted by Gasteiger charge is 2.28. The summed E-state index contributed by atoms with van der Waals surface area (Å²) in [6, 6.07) is 0.202. The number of nitrogens with one attached hydrogen (secondary N) is 2. The van der Waals surface area contributed by atoms with Crippen LogP contribution < -0.4 is 16.4 Å². The molecule has 0 aromatic carbocycles. The van der Waals surface area contributed by atoms with Crippen molar-refractivity contribution in [1.29, 1.82) is 0 Å². The van der Waals surface area contributed by atoms with Gasteiger partial charge in [0.15, 0.2) is 0 Å². The van der Waals surface area contributed by atoms with Crippen LogP contribution in [-0.2, 0) is 4.74 Å². The van der Waals surface area contributed by atoms with Gasteiger partial charge in [0.05, 0.1) is 6.61 Å². The van der Waals surface area contributed by atoms with E-state index in [4.69, 9.17) is 10.5 Å². The molecule has 0 aromatic heterocycles. The maximum Gasteiger partial charge on any atom is 0.315 e. The second kappa shape index (κ2) is 5.82. The number of amides is 2. The summed E-state index contributed by atoms with van der Waals surface area (Å²) in [5.41, 5.74) is 5.48. The highest BCUT2D eigenvalue weighted by Crippen LogP contribution is 2.25. The molecular weight excluding hydrogens is 182 g/mol. The van der Waals surface area contributed by atoms with Crippen molar-refractivity contribution in [2.45, 2.75) is 18.9 Å². The average molecular weight is 201 g/mol. The van der Waals surface area contributed by atoms with Gasteiger partial charge in [-0.05, 0) is 25.3 Å². The SMILES string of the molecule is COCCNC(=O)NC1CC(CN)C1. The lowest BCUT2D eigenvalue weighted by molar-refractivity contribution is 0.187. The molecule has 0 spiro atoms. The summed E-state index contributed by atoms with van der Waals surface area (Å²) in [6.07, 6.45) is 2.02. The van der Waals surface area contributed by atoms with Gasteiger partial charge in [0.25, 0.3) is 0 Å². The normalized spacial score (nSPS) is 25.3. The van der Waals surface area contributed by atoms with Crippen molar-refractivity contribution in [2.24, 2.45) is 11.7 Å². The summed E-state index contributed by atoms with van der Waals surface area (Å²) < 4.78 is 4.81. The molecule has 2 amide bonds. The Labute approximate surface area is 84.4 Å². The molecular formula is C9H19N3O2. The minimum atomic E-state index is -0.109. The number of ether oxygens (including phenoxy) is 1. The third-order valence-electron chi connectivity index (χ3n) is 2.50. The van der Waals surface area contributed by atoms with Gasteiger partial charge in [-0.1, -0.05) is 0 Å². The molecule has 0 saturated heterocycles. The van der Waals surface area contributed by atoms with E-state index in [1.807, 2.05) is 0 Å². The molecule has 0 heterocycles. The van der Waals surface area contributed by atoms with Crippen LogP contribution in [0.3, 0.4) is 0 Å². The smallest absolute Gasteiger partial charge is 0.315 e. The zero-order valence-corrected chi connectivity index (χ0v) is 8.58. The molecule has 1 aliphatic rings. The Hall–Kier alpha value is -0.810. The third kappa shape index (κ3) is 3.51. The van der Waals surface area contributed by atoms with Crippen molar-refractivity contribution in [3.8, 4) is 0 Å². The zero-order valence-electron chi connectivity index (χ0n) is 8.58. The van der Waals surface area contributed by atoms with Gasteiger partial charge in [0, 0.05) is 19.7 Å². The minimum absolute atomic E-state index is 0.109. The minimum Gasteiger partial charge on any atom is -0.383 e.